The van der Waals surface area contributed by atoms with Gasteiger partial charge in [-0.05, 0) is 75.9 Å². The number of nitrogens with zero attached hydrogens (tertiary/aromatic N) is 3. The Bertz CT molecular complexity index is 2110. The van der Waals surface area contributed by atoms with E-state index in [1.54, 1.807) is 29.8 Å². The van der Waals surface area contributed by atoms with Crippen LogP contribution < -0.4 is 10.6 Å². The lowest BCUT2D eigenvalue weighted by Gasteiger charge is -2.31. The number of imidazole rings is 1. The summed E-state index contributed by atoms with van der Waals surface area (Å²) in [6.45, 7) is 4.55. The fraction of sp³-hybridized carbons (Fsp3) is 0.439. The zero-order valence-corrected chi connectivity index (χ0v) is 32.9. The summed E-state index contributed by atoms with van der Waals surface area (Å²) in [5, 5.41) is 7.20. The van der Waals surface area contributed by atoms with Crippen molar-refractivity contribution in [3.63, 3.8) is 0 Å². The van der Waals surface area contributed by atoms with Crippen LogP contribution in [0.15, 0.2) is 59.1 Å². The molecular weight excluding hydrogens is 734 g/mol. The molecule has 4 N–H and O–H groups in total. The second-order valence-electron chi connectivity index (χ2n) is 14.5. The number of nitrogens with one attached hydrogen (secondary N) is 4. The molecule has 5 heterocycles. The standard InChI is InChI=1S/C41H49N7O9/c1-22(53-3)35(45-40(51)55-5)38(49)47-17-7-9-31(47)29-16-15-28(43-29)24-11-13-26-27-14-12-25(20-34(27)57-33(26)19-24)30-21-42-37(44-30)32-10-8-18-48(32)39(50)36(23(2)54-4)46-41(52)56-6/h11-16,19-23,31-32,35-36,43H,7-10,17-18H2,1-6H3,(H,42,44)(H,45,51)(H,46,52)/t22?,23-,31+,32?,35+,36+/m1/s1. The number of alkyl carbamates (subject to hydrolysis) is 2. The molecule has 2 fully saturated rings. The van der Waals surface area contributed by atoms with Gasteiger partial charge in [0.2, 0.25) is 11.8 Å². The molecule has 7 rings (SSSR count). The number of carbonyl (C=O) groups is 4. The molecule has 2 aliphatic rings. The third kappa shape index (κ3) is 7.79. The van der Waals surface area contributed by atoms with Gasteiger partial charge in [-0.15, -0.1) is 0 Å². The van der Waals surface area contributed by atoms with Crippen molar-refractivity contribution in [3.8, 4) is 22.5 Å². The van der Waals surface area contributed by atoms with Gasteiger partial charge in [-0.1, -0.05) is 12.1 Å². The minimum Gasteiger partial charge on any atom is -0.456 e. The molecule has 5 aromatic rings. The third-order valence-corrected chi connectivity index (χ3v) is 11.3. The number of hydrogen-bond donors (Lipinski definition) is 4. The molecule has 0 aliphatic carbocycles. The van der Waals surface area contributed by atoms with E-state index < -0.39 is 36.5 Å². The second-order valence-corrected chi connectivity index (χ2v) is 14.5. The number of aromatic amines is 2. The van der Waals surface area contributed by atoms with Crippen LogP contribution in [0.4, 0.5) is 9.59 Å². The SMILES string of the molecule is COC(=O)N[C@H](C(=O)N1CCC[C@H]1c1ccc(-c2ccc3c(c2)oc2cc(-c4cnc(C5CCCN5C(=O)[C@@H](NC(=O)OC)[C@@H](C)OC)[nH]4)ccc23)[nH]1)C(C)OC. The van der Waals surface area contributed by atoms with Crippen molar-refractivity contribution >= 4 is 45.9 Å². The number of carbonyl (C=O) groups excluding carboxylic acids is 4. The normalized spacial score (nSPS) is 19.1. The largest absolute Gasteiger partial charge is 0.456 e. The number of amides is 4. The van der Waals surface area contributed by atoms with E-state index in [2.05, 4.69) is 25.6 Å². The topological polar surface area (TPSA) is 193 Å². The Morgan fingerprint density at radius 1 is 0.719 bits per heavy atom. The molecule has 0 saturated carbocycles. The van der Waals surface area contributed by atoms with E-state index in [1.807, 2.05) is 48.5 Å². The number of furan rings is 1. The molecule has 2 aliphatic heterocycles. The summed E-state index contributed by atoms with van der Waals surface area (Å²) in [6.07, 6.45) is 2.36. The van der Waals surface area contributed by atoms with Crippen LogP contribution in [0.5, 0.6) is 0 Å². The van der Waals surface area contributed by atoms with E-state index >= 15 is 0 Å². The first-order chi connectivity index (χ1) is 27.5. The van der Waals surface area contributed by atoms with E-state index in [1.165, 1.54) is 28.4 Å². The number of rotatable bonds is 12. The number of hydrogen-bond acceptors (Lipinski definition) is 10. The minimum atomic E-state index is -0.914. The Morgan fingerprint density at radius 2 is 1.25 bits per heavy atom. The number of H-pyrrole nitrogens is 2. The molecule has 4 amide bonds. The predicted octanol–water partition coefficient (Wildman–Crippen LogP) is 5.82. The molecule has 2 unspecified atom stereocenters. The third-order valence-electron chi connectivity index (χ3n) is 11.3. The highest BCUT2D eigenvalue weighted by Crippen LogP contribution is 2.38. The molecule has 302 valence electrons. The Kier molecular flexibility index (Phi) is 11.5. The van der Waals surface area contributed by atoms with E-state index in [-0.39, 0.29) is 23.9 Å². The highest BCUT2D eigenvalue weighted by Gasteiger charge is 2.40. The molecule has 2 aromatic carbocycles. The van der Waals surface area contributed by atoms with E-state index in [0.29, 0.717) is 24.5 Å². The molecule has 3 aromatic heterocycles. The summed E-state index contributed by atoms with van der Waals surface area (Å²) in [7, 11) is 5.51. The number of likely N-dealkylation sites (tertiary alicyclic amines) is 2. The Balaban J connectivity index is 1.09. The summed E-state index contributed by atoms with van der Waals surface area (Å²) in [5.74, 6) is 0.166. The molecule has 2 saturated heterocycles. The van der Waals surface area contributed by atoms with Crippen LogP contribution in [-0.2, 0) is 28.5 Å². The Hall–Kier alpha value is -5.87. The zero-order chi connectivity index (χ0) is 40.4. The summed E-state index contributed by atoms with van der Waals surface area (Å²) in [4.78, 5) is 66.6. The molecule has 0 radical (unpaired) electrons. The molecule has 0 bridgehead atoms. The summed E-state index contributed by atoms with van der Waals surface area (Å²) < 4.78 is 26.8. The maximum atomic E-state index is 13.7. The second kappa shape index (κ2) is 16.7. The monoisotopic (exact) mass is 783 g/mol. The van der Waals surface area contributed by atoms with Gasteiger partial charge in [-0.2, -0.15) is 0 Å². The number of aromatic nitrogens is 3. The summed E-state index contributed by atoms with van der Waals surface area (Å²) >= 11 is 0. The lowest BCUT2D eigenvalue weighted by molar-refractivity contribution is -0.138. The lowest BCUT2D eigenvalue weighted by atomic mass is 10.1. The maximum Gasteiger partial charge on any atom is 0.407 e. The van der Waals surface area contributed by atoms with E-state index in [9.17, 15) is 19.2 Å². The Morgan fingerprint density at radius 3 is 1.79 bits per heavy atom. The van der Waals surface area contributed by atoms with Crippen molar-refractivity contribution in [2.75, 3.05) is 41.5 Å². The first-order valence-electron chi connectivity index (χ1n) is 19.1. The van der Waals surface area contributed by atoms with Gasteiger partial charge in [0.25, 0.3) is 0 Å². The first-order valence-corrected chi connectivity index (χ1v) is 19.1. The fourth-order valence-corrected chi connectivity index (χ4v) is 7.97. The van der Waals surface area contributed by atoms with Crippen LogP contribution >= 0.6 is 0 Å². The molecule has 57 heavy (non-hydrogen) atoms. The van der Waals surface area contributed by atoms with E-state index in [0.717, 1.165) is 70.2 Å². The van der Waals surface area contributed by atoms with E-state index in [4.69, 9.17) is 23.4 Å². The quantitative estimate of drug-likeness (QED) is 0.120. The van der Waals surface area contributed by atoms with Crippen LogP contribution in [0.25, 0.3) is 44.5 Å². The van der Waals surface area contributed by atoms with Gasteiger partial charge < -0.3 is 53.8 Å². The number of benzene rings is 2. The van der Waals surface area contributed by atoms with Crippen LogP contribution in [0.2, 0.25) is 0 Å². The molecule has 6 atom stereocenters. The average Bonchev–Trinajstić information content (AvgIpc) is 4.08. The number of methoxy groups -OCH3 is 4. The molecular formula is C41H49N7O9. The van der Waals surface area contributed by atoms with Gasteiger partial charge in [0.05, 0.1) is 50.4 Å². The molecule has 16 heteroatoms. The average molecular weight is 784 g/mol. The predicted molar refractivity (Wildman–Crippen MR) is 210 cm³/mol. The van der Waals surface area contributed by atoms with Crippen LogP contribution in [-0.4, -0.2) is 115 Å². The highest BCUT2D eigenvalue weighted by atomic mass is 16.5. The fourth-order valence-electron chi connectivity index (χ4n) is 7.97. The van der Waals surface area contributed by atoms with Gasteiger partial charge in [0, 0.05) is 60.6 Å². The van der Waals surface area contributed by atoms with Gasteiger partial charge in [0.15, 0.2) is 0 Å². The number of fused-ring (bicyclic) bond motifs is 3. The molecule has 0 spiro atoms. The highest BCUT2D eigenvalue weighted by molar-refractivity contribution is 6.06. The number of ether oxygens (including phenoxy) is 4. The Labute approximate surface area is 329 Å². The van der Waals surface area contributed by atoms with Crippen molar-refractivity contribution < 1.29 is 42.5 Å². The summed E-state index contributed by atoms with van der Waals surface area (Å²) in [5.41, 5.74) is 5.82. The van der Waals surface area contributed by atoms with Crippen molar-refractivity contribution in [2.24, 2.45) is 0 Å². The van der Waals surface area contributed by atoms with Crippen molar-refractivity contribution in [1.29, 1.82) is 0 Å². The van der Waals surface area contributed by atoms with Crippen molar-refractivity contribution in [1.82, 2.24) is 35.4 Å². The lowest BCUT2D eigenvalue weighted by Crippen LogP contribution is -2.54. The zero-order valence-electron chi connectivity index (χ0n) is 32.9. The minimum absolute atomic E-state index is 0.189. The van der Waals surface area contributed by atoms with Gasteiger partial charge in [-0.3, -0.25) is 9.59 Å². The van der Waals surface area contributed by atoms with Crippen LogP contribution in [0, 0.1) is 0 Å². The van der Waals surface area contributed by atoms with Crippen LogP contribution in [0.3, 0.4) is 0 Å². The first kappa shape index (κ1) is 39.4. The molecule has 16 nitrogen and oxygen atoms in total. The van der Waals surface area contributed by atoms with Gasteiger partial charge in [0.1, 0.15) is 29.1 Å². The van der Waals surface area contributed by atoms with Crippen LogP contribution in [0.1, 0.15) is 63.1 Å². The van der Waals surface area contributed by atoms with Crippen molar-refractivity contribution in [2.45, 2.75) is 75.9 Å². The van der Waals surface area contributed by atoms with Crippen molar-refractivity contribution in [3.05, 3.63) is 66.2 Å². The van der Waals surface area contributed by atoms with Gasteiger partial charge >= 0.3 is 12.2 Å². The maximum absolute atomic E-state index is 13.7. The smallest absolute Gasteiger partial charge is 0.407 e. The summed E-state index contributed by atoms with van der Waals surface area (Å²) in [6, 6.07) is 13.8. The van der Waals surface area contributed by atoms with Gasteiger partial charge in [-0.25, -0.2) is 14.6 Å².